The van der Waals surface area contributed by atoms with E-state index in [1.54, 1.807) is 0 Å². The van der Waals surface area contributed by atoms with Crippen LogP contribution in [0, 0.1) is 5.92 Å². The van der Waals surface area contributed by atoms with E-state index in [0.29, 0.717) is 6.04 Å². The maximum absolute atomic E-state index is 5.71. The number of nitrogens with one attached hydrogen (secondary N) is 1. The van der Waals surface area contributed by atoms with E-state index in [2.05, 4.69) is 17.2 Å². The van der Waals surface area contributed by atoms with Gasteiger partial charge in [0.2, 0.25) is 5.88 Å². The molecular formula is C14H22N2O. The normalized spacial score (nSPS) is 17.5. The molecule has 0 aliphatic heterocycles. The van der Waals surface area contributed by atoms with Gasteiger partial charge in [0.1, 0.15) is 0 Å². The van der Waals surface area contributed by atoms with Crippen molar-refractivity contribution in [3.05, 3.63) is 23.9 Å². The molecule has 1 aromatic heterocycles. The summed E-state index contributed by atoms with van der Waals surface area (Å²) in [5, 5.41) is 3.22. The molecule has 3 heteroatoms. The lowest BCUT2D eigenvalue weighted by molar-refractivity contribution is 0.217. The third kappa shape index (κ3) is 3.43. The summed E-state index contributed by atoms with van der Waals surface area (Å²) in [5.41, 5.74) is 1.22. The molecule has 1 aliphatic rings. The van der Waals surface area contributed by atoms with Crippen LogP contribution in [0.2, 0.25) is 0 Å². The number of hydrogen-bond acceptors (Lipinski definition) is 3. The second-order valence-electron chi connectivity index (χ2n) is 4.87. The van der Waals surface area contributed by atoms with Gasteiger partial charge in [0, 0.05) is 18.3 Å². The van der Waals surface area contributed by atoms with E-state index >= 15 is 0 Å². The lowest BCUT2D eigenvalue weighted by Crippen LogP contribution is -2.15. The maximum Gasteiger partial charge on any atom is 0.213 e. The molecular weight excluding hydrogens is 212 g/mol. The molecule has 0 saturated heterocycles. The maximum atomic E-state index is 5.71. The quantitative estimate of drug-likeness (QED) is 0.821. The standard InChI is InChI=1S/C14H22N2O/c1-11(15-2)13-6-8-16-14(10-13)17-9-7-12-4-3-5-12/h6,8,10-12,15H,3-5,7,9H2,1-2H3. The van der Waals surface area contributed by atoms with E-state index < -0.39 is 0 Å². The van der Waals surface area contributed by atoms with Crippen LogP contribution >= 0.6 is 0 Å². The lowest BCUT2D eigenvalue weighted by Gasteiger charge is -2.24. The van der Waals surface area contributed by atoms with Crippen molar-refractivity contribution in [1.82, 2.24) is 10.3 Å². The third-order valence-corrected chi connectivity index (χ3v) is 3.69. The first-order chi connectivity index (χ1) is 8.29. The third-order valence-electron chi connectivity index (χ3n) is 3.69. The van der Waals surface area contributed by atoms with Crippen molar-refractivity contribution in [2.75, 3.05) is 13.7 Å². The highest BCUT2D eigenvalue weighted by atomic mass is 16.5. The minimum atomic E-state index is 0.340. The molecule has 1 aliphatic carbocycles. The molecule has 3 nitrogen and oxygen atoms in total. The molecule has 17 heavy (non-hydrogen) atoms. The van der Waals surface area contributed by atoms with Gasteiger partial charge in [0.15, 0.2) is 0 Å². The van der Waals surface area contributed by atoms with Crippen molar-refractivity contribution >= 4 is 0 Å². The van der Waals surface area contributed by atoms with Gasteiger partial charge in [-0.1, -0.05) is 19.3 Å². The second-order valence-corrected chi connectivity index (χ2v) is 4.87. The molecule has 1 atom stereocenters. The molecule has 0 amide bonds. The molecule has 1 aromatic rings. The summed E-state index contributed by atoms with van der Waals surface area (Å²) in [6, 6.07) is 4.40. The zero-order valence-electron chi connectivity index (χ0n) is 10.8. The Hall–Kier alpha value is -1.09. The Kier molecular flexibility index (Phi) is 4.37. The lowest BCUT2D eigenvalue weighted by atomic mass is 9.83. The summed E-state index contributed by atoms with van der Waals surface area (Å²) in [6.45, 7) is 2.93. The molecule has 94 valence electrons. The average Bonchev–Trinajstić information content (AvgIpc) is 2.32. The fourth-order valence-corrected chi connectivity index (χ4v) is 2.05. The van der Waals surface area contributed by atoms with Crippen molar-refractivity contribution < 1.29 is 4.74 Å². The van der Waals surface area contributed by atoms with Gasteiger partial charge in [0.25, 0.3) is 0 Å². The number of ether oxygens (including phenoxy) is 1. The van der Waals surface area contributed by atoms with Gasteiger partial charge < -0.3 is 10.1 Å². The Balaban J connectivity index is 1.82. The minimum Gasteiger partial charge on any atom is -0.478 e. The fraction of sp³-hybridized carbons (Fsp3) is 0.643. The highest BCUT2D eigenvalue weighted by molar-refractivity contribution is 5.23. The summed E-state index contributed by atoms with van der Waals surface area (Å²) in [6.07, 6.45) is 7.16. The van der Waals surface area contributed by atoms with Gasteiger partial charge in [-0.2, -0.15) is 0 Å². The molecule has 1 heterocycles. The molecule has 1 N–H and O–H groups in total. The van der Waals surface area contributed by atoms with E-state index in [1.165, 1.54) is 31.2 Å². The molecule has 1 fully saturated rings. The SMILES string of the molecule is CNC(C)c1ccnc(OCCC2CCC2)c1. The van der Waals surface area contributed by atoms with E-state index in [0.717, 1.165) is 18.4 Å². The molecule has 0 bridgehead atoms. The molecule has 2 rings (SSSR count). The summed E-state index contributed by atoms with van der Waals surface area (Å²) >= 11 is 0. The van der Waals surface area contributed by atoms with Gasteiger partial charge in [-0.3, -0.25) is 0 Å². The molecule has 0 spiro atoms. The van der Waals surface area contributed by atoms with Crippen LogP contribution in [0.4, 0.5) is 0 Å². The van der Waals surface area contributed by atoms with E-state index in [4.69, 9.17) is 4.74 Å². The smallest absolute Gasteiger partial charge is 0.213 e. The number of nitrogens with zero attached hydrogens (tertiary/aromatic N) is 1. The zero-order chi connectivity index (χ0) is 12.1. The summed E-state index contributed by atoms with van der Waals surface area (Å²) in [7, 11) is 1.96. The van der Waals surface area contributed by atoms with Crippen LogP contribution in [0.15, 0.2) is 18.3 Å². The highest BCUT2D eigenvalue weighted by Gasteiger charge is 2.17. The Morgan fingerprint density at radius 3 is 3.00 bits per heavy atom. The number of hydrogen-bond donors (Lipinski definition) is 1. The summed E-state index contributed by atoms with van der Waals surface area (Å²) in [4.78, 5) is 4.25. The van der Waals surface area contributed by atoms with Crippen LogP contribution in [0.3, 0.4) is 0 Å². The fourth-order valence-electron chi connectivity index (χ4n) is 2.05. The van der Waals surface area contributed by atoms with Gasteiger partial charge in [-0.05, 0) is 37.9 Å². The highest BCUT2D eigenvalue weighted by Crippen LogP contribution is 2.29. The molecule has 1 unspecified atom stereocenters. The topological polar surface area (TPSA) is 34.2 Å². The summed E-state index contributed by atoms with van der Waals surface area (Å²) < 4.78 is 5.71. The van der Waals surface area contributed by atoms with Crippen molar-refractivity contribution in [1.29, 1.82) is 0 Å². The first-order valence-corrected chi connectivity index (χ1v) is 6.55. The van der Waals surface area contributed by atoms with E-state index in [-0.39, 0.29) is 0 Å². The Bertz CT molecular complexity index is 350. The minimum absolute atomic E-state index is 0.340. The zero-order valence-corrected chi connectivity index (χ0v) is 10.8. The number of pyridine rings is 1. The van der Waals surface area contributed by atoms with Crippen molar-refractivity contribution in [3.63, 3.8) is 0 Å². The molecule has 0 aromatic carbocycles. The van der Waals surface area contributed by atoms with E-state index in [9.17, 15) is 0 Å². The largest absolute Gasteiger partial charge is 0.478 e. The number of rotatable bonds is 6. The Morgan fingerprint density at radius 1 is 1.53 bits per heavy atom. The summed E-state index contributed by atoms with van der Waals surface area (Å²) in [5.74, 6) is 1.65. The van der Waals surface area contributed by atoms with Crippen LogP contribution in [-0.2, 0) is 0 Å². The Morgan fingerprint density at radius 2 is 2.35 bits per heavy atom. The van der Waals surface area contributed by atoms with Gasteiger partial charge in [-0.15, -0.1) is 0 Å². The van der Waals surface area contributed by atoms with Gasteiger partial charge >= 0.3 is 0 Å². The van der Waals surface area contributed by atoms with Crippen LogP contribution in [0.1, 0.15) is 44.2 Å². The van der Waals surface area contributed by atoms with Crippen LogP contribution in [0.25, 0.3) is 0 Å². The molecule has 0 radical (unpaired) electrons. The average molecular weight is 234 g/mol. The van der Waals surface area contributed by atoms with Gasteiger partial charge in [-0.25, -0.2) is 4.98 Å². The monoisotopic (exact) mass is 234 g/mol. The predicted molar refractivity (Wildman–Crippen MR) is 69.2 cm³/mol. The van der Waals surface area contributed by atoms with Crippen molar-refractivity contribution in [3.8, 4) is 5.88 Å². The number of aromatic nitrogens is 1. The van der Waals surface area contributed by atoms with Crippen molar-refractivity contribution in [2.45, 2.75) is 38.6 Å². The van der Waals surface area contributed by atoms with Gasteiger partial charge in [0.05, 0.1) is 6.61 Å². The first-order valence-electron chi connectivity index (χ1n) is 6.55. The van der Waals surface area contributed by atoms with Crippen molar-refractivity contribution in [2.24, 2.45) is 5.92 Å². The second kappa shape index (κ2) is 6.01. The predicted octanol–water partition coefficient (Wildman–Crippen LogP) is 2.93. The van der Waals surface area contributed by atoms with Crippen LogP contribution in [0.5, 0.6) is 5.88 Å². The Labute approximate surface area is 104 Å². The van der Waals surface area contributed by atoms with Crippen LogP contribution in [-0.4, -0.2) is 18.6 Å². The first kappa shape index (κ1) is 12.4. The van der Waals surface area contributed by atoms with Crippen LogP contribution < -0.4 is 10.1 Å². The molecule has 1 saturated carbocycles. The van der Waals surface area contributed by atoms with E-state index in [1.807, 2.05) is 25.4 Å².